The Kier molecular flexibility index (Phi) is 3.37. The highest BCUT2D eigenvalue weighted by Crippen LogP contribution is 2.27. The molecule has 2 unspecified atom stereocenters. The van der Waals surface area contributed by atoms with Crippen molar-refractivity contribution in [2.75, 3.05) is 13.1 Å². The van der Waals surface area contributed by atoms with E-state index in [9.17, 15) is 8.42 Å². The number of hydrogen-bond donors (Lipinski definition) is 1. The van der Waals surface area contributed by atoms with Gasteiger partial charge in [-0.25, -0.2) is 8.42 Å². The summed E-state index contributed by atoms with van der Waals surface area (Å²) >= 11 is 0. The summed E-state index contributed by atoms with van der Waals surface area (Å²) in [7, 11) is -3.34. The zero-order valence-corrected chi connectivity index (χ0v) is 12.0. The first kappa shape index (κ1) is 13.1. The lowest BCUT2D eigenvalue weighted by Crippen LogP contribution is -2.52. The highest BCUT2D eigenvalue weighted by molar-refractivity contribution is 7.89. The van der Waals surface area contributed by atoms with Gasteiger partial charge >= 0.3 is 0 Å². The topological polar surface area (TPSA) is 49.4 Å². The second-order valence-electron chi connectivity index (χ2n) is 5.42. The van der Waals surface area contributed by atoms with Gasteiger partial charge in [0.1, 0.15) is 0 Å². The molecular weight excluding hydrogens is 260 g/mol. The highest BCUT2D eigenvalue weighted by Gasteiger charge is 2.38. The molecule has 2 aliphatic rings. The average Bonchev–Trinajstić information content (AvgIpc) is 2.77. The van der Waals surface area contributed by atoms with Crippen molar-refractivity contribution >= 4 is 10.0 Å². The lowest BCUT2D eigenvalue weighted by atomic mass is 10.2. The van der Waals surface area contributed by atoms with Crippen LogP contribution in [0.1, 0.15) is 25.3 Å². The normalized spacial score (nSPS) is 27.6. The van der Waals surface area contributed by atoms with Gasteiger partial charge in [0.05, 0.1) is 4.90 Å². The van der Waals surface area contributed by atoms with Crippen molar-refractivity contribution in [3.8, 4) is 0 Å². The van der Waals surface area contributed by atoms with Crippen LogP contribution in [0.4, 0.5) is 0 Å². The Morgan fingerprint density at radius 3 is 2.47 bits per heavy atom. The van der Waals surface area contributed by atoms with Crippen LogP contribution >= 0.6 is 0 Å². The molecule has 104 valence electrons. The predicted molar refractivity (Wildman–Crippen MR) is 74.5 cm³/mol. The number of hydrogen-bond acceptors (Lipinski definition) is 3. The molecule has 0 spiro atoms. The molecule has 0 aromatic heterocycles. The van der Waals surface area contributed by atoms with Crippen molar-refractivity contribution in [2.45, 2.75) is 43.2 Å². The third kappa shape index (κ3) is 2.30. The second kappa shape index (κ2) is 4.89. The maximum atomic E-state index is 12.8. The van der Waals surface area contributed by atoms with Gasteiger partial charge in [0, 0.05) is 25.2 Å². The van der Waals surface area contributed by atoms with E-state index in [0.29, 0.717) is 30.1 Å². The molecular formula is C14H20N2O2S. The Balaban J connectivity index is 1.94. The van der Waals surface area contributed by atoms with E-state index in [1.165, 1.54) is 0 Å². The fourth-order valence-electron chi connectivity index (χ4n) is 3.14. The number of sulfonamides is 1. The summed E-state index contributed by atoms with van der Waals surface area (Å²) in [6.07, 6.45) is 2.92. The van der Waals surface area contributed by atoms with Crippen molar-refractivity contribution < 1.29 is 8.42 Å². The van der Waals surface area contributed by atoms with Gasteiger partial charge in [-0.05, 0) is 30.9 Å². The first-order valence-electron chi connectivity index (χ1n) is 6.95. The van der Waals surface area contributed by atoms with Crippen LogP contribution in [0, 0.1) is 0 Å². The number of piperazine rings is 1. The van der Waals surface area contributed by atoms with Crippen LogP contribution in [0.2, 0.25) is 0 Å². The lowest BCUT2D eigenvalue weighted by Gasteiger charge is -2.32. The lowest BCUT2D eigenvalue weighted by molar-refractivity contribution is 0.296. The molecule has 0 amide bonds. The van der Waals surface area contributed by atoms with Crippen LogP contribution in [0.5, 0.6) is 0 Å². The van der Waals surface area contributed by atoms with Crippen LogP contribution in [-0.4, -0.2) is 37.9 Å². The van der Waals surface area contributed by atoms with E-state index in [1.807, 2.05) is 25.1 Å². The molecule has 4 nitrogen and oxygen atoms in total. The Labute approximate surface area is 114 Å². The van der Waals surface area contributed by atoms with Crippen molar-refractivity contribution in [2.24, 2.45) is 0 Å². The van der Waals surface area contributed by atoms with Crippen molar-refractivity contribution in [3.63, 3.8) is 0 Å². The van der Waals surface area contributed by atoms with Crippen molar-refractivity contribution in [1.82, 2.24) is 9.62 Å². The molecule has 2 heterocycles. The van der Waals surface area contributed by atoms with Gasteiger partial charge in [-0.15, -0.1) is 0 Å². The van der Waals surface area contributed by atoms with Gasteiger partial charge in [-0.2, -0.15) is 4.31 Å². The summed E-state index contributed by atoms with van der Waals surface area (Å²) in [5, 5.41) is 3.47. The van der Waals surface area contributed by atoms with Gasteiger partial charge < -0.3 is 5.32 Å². The van der Waals surface area contributed by atoms with E-state index in [-0.39, 0.29) is 0 Å². The maximum absolute atomic E-state index is 12.8. The van der Waals surface area contributed by atoms with Crippen molar-refractivity contribution in [1.29, 1.82) is 0 Å². The zero-order valence-electron chi connectivity index (χ0n) is 11.2. The summed E-state index contributed by atoms with van der Waals surface area (Å²) in [4.78, 5) is 0.485. The van der Waals surface area contributed by atoms with Gasteiger partial charge in [0.2, 0.25) is 10.0 Å². The Morgan fingerprint density at radius 2 is 1.84 bits per heavy atom. The monoisotopic (exact) mass is 280 g/mol. The Morgan fingerprint density at radius 1 is 1.21 bits per heavy atom. The molecule has 19 heavy (non-hydrogen) atoms. The van der Waals surface area contributed by atoms with Crippen LogP contribution < -0.4 is 5.32 Å². The number of aryl methyl sites for hydroxylation is 1. The molecule has 2 bridgehead atoms. The number of benzene rings is 1. The number of nitrogens with one attached hydrogen (secondary N) is 1. The average molecular weight is 280 g/mol. The van der Waals surface area contributed by atoms with Gasteiger partial charge in [0.25, 0.3) is 0 Å². The quantitative estimate of drug-likeness (QED) is 0.910. The van der Waals surface area contributed by atoms with Crippen LogP contribution in [0.3, 0.4) is 0 Å². The molecule has 3 rings (SSSR count). The van der Waals surface area contributed by atoms with E-state index in [1.54, 1.807) is 10.4 Å². The highest BCUT2D eigenvalue weighted by atomic mass is 32.2. The molecule has 0 radical (unpaired) electrons. The summed E-state index contributed by atoms with van der Waals surface area (Å²) in [6, 6.07) is 8.02. The van der Waals surface area contributed by atoms with Gasteiger partial charge in [-0.1, -0.05) is 25.1 Å². The van der Waals surface area contributed by atoms with Gasteiger partial charge in [0.15, 0.2) is 0 Å². The largest absolute Gasteiger partial charge is 0.309 e. The molecule has 2 aliphatic heterocycles. The Bertz CT molecular complexity index is 559. The second-order valence-corrected chi connectivity index (χ2v) is 7.33. The SMILES string of the molecule is CCc1ccccc1S(=O)(=O)N1CC2CCC(C1)N2. The molecule has 1 aromatic carbocycles. The Hall–Kier alpha value is -0.910. The van der Waals surface area contributed by atoms with Crippen LogP contribution in [-0.2, 0) is 16.4 Å². The fraction of sp³-hybridized carbons (Fsp3) is 0.571. The molecule has 2 saturated heterocycles. The molecule has 5 heteroatoms. The van der Waals surface area contributed by atoms with E-state index in [2.05, 4.69) is 5.32 Å². The summed E-state index contributed by atoms with van der Waals surface area (Å²) < 4.78 is 27.2. The van der Waals surface area contributed by atoms with Crippen LogP contribution in [0.15, 0.2) is 29.2 Å². The molecule has 1 aromatic rings. The maximum Gasteiger partial charge on any atom is 0.243 e. The van der Waals surface area contributed by atoms with Crippen LogP contribution in [0.25, 0.3) is 0 Å². The minimum Gasteiger partial charge on any atom is -0.309 e. The molecule has 2 atom stereocenters. The van der Waals surface area contributed by atoms with Gasteiger partial charge in [-0.3, -0.25) is 0 Å². The predicted octanol–water partition coefficient (Wildman–Crippen LogP) is 1.37. The van der Waals surface area contributed by atoms with E-state index >= 15 is 0 Å². The smallest absolute Gasteiger partial charge is 0.243 e. The molecule has 0 saturated carbocycles. The third-order valence-corrected chi connectivity index (χ3v) is 6.09. The standard InChI is InChI=1S/C14H20N2O2S/c1-2-11-5-3-4-6-14(11)19(17,18)16-9-12-7-8-13(10-16)15-12/h3-6,12-13,15H,2,7-10H2,1H3. The third-order valence-electron chi connectivity index (χ3n) is 4.15. The summed E-state index contributed by atoms with van der Waals surface area (Å²) in [5.41, 5.74) is 0.911. The summed E-state index contributed by atoms with van der Waals surface area (Å²) in [5.74, 6) is 0. The summed E-state index contributed by atoms with van der Waals surface area (Å²) in [6.45, 7) is 3.21. The minimum atomic E-state index is -3.34. The minimum absolute atomic E-state index is 0.335. The van der Waals surface area contributed by atoms with E-state index in [0.717, 1.165) is 24.8 Å². The first-order chi connectivity index (χ1) is 9.11. The van der Waals surface area contributed by atoms with Crippen molar-refractivity contribution in [3.05, 3.63) is 29.8 Å². The zero-order chi connectivity index (χ0) is 13.5. The number of rotatable bonds is 3. The molecule has 1 N–H and O–H groups in total. The van der Waals surface area contributed by atoms with E-state index < -0.39 is 10.0 Å². The number of fused-ring (bicyclic) bond motifs is 2. The van der Waals surface area contributed by atoms with E-state index in [4.69, 9.17) is 0 Å². The fourth-order valence-corrected chi connectivity index (χ4v) is 4.96. The number of nitrogens with zero attached hydrogens (tertiary/aromatic N) is 1. The molecule has 2 fully saturated rings. The molecule has 0 aliphatic carbocycles. The first-order valence-corrected chi connectivity index (χ1v) is 8.39.